The molecule has 1 radical (unpaired) electrons. The Labute approximate surface area is 67.4 Å². The molecular formula is C6H14BO4. The van der Waals surface area contributed by atoms with Crippen molar-refractivity contribution < 1.29 is 19.5 Å². The lowest BCUT2D eigenvalue weighted by atomic mass is 10.3. The Hall–Kier alpha value is -0.0951. The minimum atomic E-state index is -0.499. The van der Waals surface area contributed by atoms with Crippen LogP contribution in [0.1, 0.15) is 13.8 Å². The quantitative estimate of drug-likeness (QED) is 0.400. The van der Waals surface area contributed by atoms with Gasteiger partial charge >= 0.3 is 7.69 Å². The van der Waals surface area contributed by atoms with E-state index in [2.05, 4.69) is 0 Å². The Bertz CT molecular complexity index is 76.7. The van der Waals surface area contributed by atoms with Gasteiger partial charge in [-0.3, -0.25) is 0 Å². The zero-order valence-electron chi connectivity index (χ0n) is 6.86. The van der Waals surface area contributed by atoms with Crippen molar-refractivity contribution in [1.29, 1.82) is 0 Å². The largest absolute Gasteiger partial charge is 0.488 e. The summed E-state index contributed by atoms with van der Waals surface area (Å²) in [6, 6.07) is 0. The van der Waals surface area contributed by atoms with Crippen molar-refractivity contribution in [3.05, 3.63) is 0 Å². The number of aliphatic hydroxyl groups is 2. The highest BCUT2D eigenvalue weighted by molar-refractivity contribution is 6.17. The molecule has 65 valence electrons. The zero-order chi connectivity index (χ0) is 8.69. The second-order valence-electron chi connectivity index (χ2n) is 2.46. The van der Waals surface area contributed by atoms with Crippen LogP contribution in [0, 0.1) is 0 Å². The Morgan fingerprint density at radius 3 is 1.73 bits per heavy atom. The maximum atomic E-state index is 8.71. The molecule has 0 aromatic heterocycles. The van der Waals surface area contributed by atoms with E-state index in [1.807, 2.05) is 0 Å². The number of hydrogen-bond donors (Lipinski definition) is 2. The third-order valence-corrected chi connectivity index (χ3v) is 0.811. The number of hydrogen-bond acceptors (Lipinski definition) is 4. The second-order valence-corrected chi connectivity index (χ2v) is 2.46. The zero-order valence-corrected chi connectivity index (χ0v) is 6.86. The topological polar surface area (TPSA) is 58.9 Å². The fourth-order valence-corrected chi connectivity index (χ4v) is 0.405. The van der Waals surface area contributed by atoms with Crippen LogP contribution >= 0.6 is 0 Å². The van der Waals surface area contributed by atoms with E-state index in [0.29, 0.717) is 0 Å². The van der Waals surface area contributed by atoms with Crippen LogP contribution in [-0.2, 0) is 9.31 Å². The summed E-state index contributed by atoms with van der Waals surface area (Å²) in [6.45, 7) is 3.64. The minimum Gasteiger partial charge on any atom is -0.411 e. The second kappa shape index (κ2) is 6.60. The lowest BCUT2D eigenvalue weighted by Gasteiger charge is -2.06. The van der Waals surface area contributed by atoms with Gasteiger partial charge in [0.15, 0.2) is 0 Å². The van der Waals surface area contributed by atoms with Crippen molar-refractivity contribution >= 4 is 7.69 Å². The normalized spacial score (nSPS) is 16.0. The van der Waals surface area contributed by atoms with Crippen LogP contribution in [0.3, 0.4) is 0 Å². The van der Waals surface area contributed by atoms with E-state index >= 15 is 0 Å². The molecule has 2 N–H and O–H groups in total. The molecule has 4 nitrogen and oxygen atoms in total. The average Bonchev–Trinajstić information content (AvgIpc) is 1.85. The van der Waals surface area contributed by atoms with Crippen LogP contribution in [0.4, 0.5) is 0 Å². The summed E-state index contributed by atoms with van der Waals surface area (Å²) in [6.07, 6.45) is -0.997. The van der Waals surface area contributed by atoms with E-state index in [4.69, 9.17) is 19.5 Å². The van der Waals surface area contributed by atoms with Gasteiger partial charge in [-0.2, -0.15) is 0 Å². The molecule has 0 spiro atoms. The molecule has 0 amide bonds. The SMILES string of the molecule is CC(O)CO[B]OCC(C)O. The molecule has 0 aliphatic rings. The van der Waals surface area contributed by atoms with E-state index < -0.39 is 12.2 Å². The van der Waals surface area contributed by atoms with Gasteiger partial charge in [0.25, 0.3) is 0 Å². The highest BCUT2D eigenvalue weighted by Crippen LogP contribution is 1.84. The smallest absolute Gasteiger partial charge is 0.411 e. The van der Waals surface area contributed by atoms with Crippen LogP contribution in [0.15, 0.2) is 0 Å². The molecule has 0 bridgehead atoms. The molecular weight excluding hydrogens is 147 g/mol. The molecule has 2 atom stereocenters. The average molecular weight is 161 g/mol. The van der Waals surface area contributed by atoms with E-state index in [1.54, 1.807) is 13.8 Å². The highest BCUT2D eigenvalue weighted by atomic mass is 16.6. The van der Waals surface area contributed by atoms with Crippen LogP contribution in [0.5, 0.6) is 0 Å². The molecule has 0 rings (SSSR count). The minimum absolute atomic E-state index is 0.208. The molecule has 0 aromatic rings. The maximum absolute atomic E-state index is 8.71. The first-order valence-electron chi connectivity index (χ1n) is 3.54. The lowest BCUT2D eigenvalue weighted by Crippen LogP contribution is -2.18. The van der Waals surface area contributed by atoms with Gasteiger partial charge in [-0.25, -0.2) is 0 Å². The summed E-state index contributed by atoms with van der Waals surface area (Å²) < 4.78 is 9.47. The third kappa shape index (κ3) is 9.90. The summed E-state index contributed by atoms with van der Waals surface area (Å²) >= 11 is 0. The van der Waals surface area contributed by atoms with Crippen molar-refractivity contribution in [2.75, 3.05) is 13.2 Å². The molecule has 0 fully saturated rings. The lowest BCUT2D eigenvalue weighted by molar-refractivity contribution is 0.0836. The summed E-state index contributed by atoms with van der Waals surface area (Å²) in [5.74, 6) is 0. The van der Waals surface area contributed by atoms with Crippen molar-refractivity contribution in [2.24, 2.45) is 0 Å². The number of rotatable bonds is 6. The van der Waals surface area contributed by atoms with Crippen molar-refractivity contribution in [3.63, 3.8) is 0 Å². The fraction of sp³-hybridized carbons (Fsp3) is 1.00. The first kappa shape index (κ1) is 10.9. The predicted octanol–water partition coefficient (Wildman–Crippen LogP) is -0.685. The Morgan fingerprint density at radius 1 is 1.09 bits per heavy atom. The van der Waals surface area contributed by atoms with Gasteiger partial charge in [0.05, 0.1) is 25.4 Å². The first-order valence-corrected chi connectivity index (χ1v) is 3.54. The van der Waals surface area contributed by atoms with Gasteiger partial charge in [-0.05, 0) is 13.8 Å². The standard InChI is InChI=1S/C6H14BO4/c1-5(8)3-10-7-11-4-6(2)9/h5-6,8-9H,3-4H2,1-2H3. The molecule has 11 heavy (non-hydrogen) atoms. The number of aliphatic hydroxyl groups excluding tert-OH is 2. The van der Waals surface area contributed by atoms with Crippen LogP contribution < -0.4 is 0 Å². The van der Waals surface area contributed by atoms with Crippen molar-refractivity contribution in [1.82, 2.24) is 0 Å². The molecule has 0 aliphatic carbocycles. The molecule has 0 heterocycles. The van der Waals surface area contributed by atoms with Crippen LogP contribution in [0.25, 0.3) is 0 Å². The van der Waals surface area contributed by atoms with Crippen molar-refractivity contribution in [2.45, 2.75) is 26.1 Å². The Kier molecular flexibility index (Phi) is 6.55. The van der Waals surface area contributed by atoms with Gasteiger partial charge in [0.2, 0.25) is 0 Å². The van der Waals surface area contributed by atoms with E-state index in [1.165, 1.54) is 0 Å². The van der Waals surface area contributed by atoms with Gasteiger partial charge in [0, 0.05) is 0 Å². The molecule has 5 heteroatoms. The van der Waals surface area contributed by atoms with Crippen LogP contribution in [0.2, 0.25) is 0 Å². The van der Waals surface area contributed by atoms with Crippen LogP contribution in [-0.4, -0.2) is 43.3 Å². The molecule has 0 saturated carbocycles. The van der Waals surface area contributed by atoms with Gasteiger partial charge in [-0.15, -0.1) is 0 Å². The Morgan fingerprint density at radius 2 is 1.45 bits per heavy atom. The maximum Gasteiger partial charge on any atom is 0.488 e. The van der Waals surface area contributed by atoms with E-state index in [-0.39, 0.29) is 13.2 Å². The fourth-order valence-electron chi connectivity index (χ4n) is 0.405. The molecule has 0 saturated heterocycles. The third-order valence-electron chi connectivity index (χ3n) is 0.811. The van der Waals surface area contributed by atoms with E-state index in [0.717, 1.165) is 7.69 Å². The summed E-state index contributed by atoms with van der Waals surface area (Å²) in [5.41, 5.74) is 0. The van der Waals surface area contributed by atoms with Gasteiger partial charge in [-0.1, -0.05) is 0 Å². The molecule has 2 unspecified atom stereocenters. The molecule has 0 aliphatic heterocycles. The predicted molar refractivity (Wildman–Crippen MR) is 41.0 cm³/mol. The van der Waals surface area contributed by atoms with E-state index in [9.17, 15) is 0 Å². The summed E-state index contributed by atoms with van der Waals surface area (Å²) in [7, 11) is 1.12. The Balaban J connectivity index is 2.91. The first-order chi connectivity index (χ1) is 5.13. The van der Waals surface area contributed by atoms with Gasteiger partial charge in [0.1, 0.15) is 0 Å². The molecule has 0 aromatic carbocycles. The van der Waals surface area contributed by atoms with Gasteiger partial charge < -0.3 is 19.5 Å². The highest BCUT2D eigenvalue weighted by Gasteiger charge is 2.00. The monoisotopic (exact) mass is 161 g/mol. The summed E-state index contributed by atoms with van der Waals surface area (Å²) in [5, 5.41) is 17.4. The summed E-state index contributed by atoms with van der Waals surface area (Å²) in [4.78, 5) is 0. The van der Waals surface area contributed by atoms with Crippen molar-refractivity contribution in [3.8, 4) is 0 Å².